The third kappa shape index (κ3) is 3.39. The van der Waals surface area contributed by atoms with Crippen LogP contribution >= 0.6 is 0 Å². The van der Waals surface area contributed by atoms with Gasteiger partial charge in [-0.2, -0.15) is 15.1 Å². The lowest BCUT2D eigenvalue weighted by Gasteiger charge is -2.28. The highest BCUT2D eigenvalue weighted by molar-refractivity contribution is 5.60. The second-order valence-corrected chi connectivity index (χ2v) is 6.19. The molecule has 0 bridgehead atoms. The fraction of sp³-hybridized carbons (Fsp3) is 0.316. The van der Waals surface area contributed by atoms with E-state index in [-0.39, 0.29) is 0 Å². The Labute approximate surface area is 152 Å². The predicted octanol–water partition coefficient (Wildman–Crippen LogP) is 2.48. The minimum Gasteiger partial charge on any atom is -0.467 e. The Bertz CT molecular complexity index is 902. The molecule has 1 aliphatic rings. The van der Waals surface area contributed by atoms with Gasteiger partial charge in [-0.3, -0.25) is 0 Å². The standard InChI is InChI=1S/C19H21N5O2/c1-14-4-3-5-15(12-14)16-6-7-24(22-16)18-13-17(20-19(21-18)25-2)23-8-10-26-11-9-23/h3-7,12-13H,8-11H2,1-2H3. The van der Waals surface area contributed by atoms with Crippen molar-refractivity contribution in [1.82, 2.24) is 19.7 Å². The highest BCUT2D eigenvalue weighted by Crippen LogP contribution is 2.22. The summed E-state index contributed by atoms with van der Waals surface area (Å²) in [4.78, 5) is 11.1. The Morgan fingerprint density at radius 1 is 1.04 bits per heavy atom. The summed E-state index contributed by atoms with van der Waals surface area (Å²) in [7, 11) is 1.57. The maximum atomic E-state index is 5.42. The van der Waals surface area contributed by atoms with E-state index in [9.17, 15) is 0 Å². The summed E-state index contributed by atoms with van der Waals surface area (Å²) in [6.45, 7) is 5.06. The molecule has 3 heterocycles. The van der Waals surface area contributed by atoms with Crippen LogP contribution in [0.4, 0.5) is 5.82 Å². The number of morpholine rings is 1. The quantitative estimate of drug-likeness (QED) is 0.719. The van der Waals surface area contributed by atoms with Crippen molar-refractivity contribution in [1.29, 1.82) is 0 Å². The molecule has 26 heavy (non-hydrogen) atoms. The first-order valence-corrected chi connectivity index (χ1v) is 8.62. The Morgan fingerprint density at radius 3 is 2.62 bits per heavy atom. The van der Waals surface area contributed by atoms with Crippen LogP contribution in [0.1, 0.15) is 5.56 Å². The zero-order valence-electron chi connectivity index (χ0n) is 14.9. The van der Waals surface area contributed by atoms with Crippen molar-refractivity contribution in [3.05, 3.63) is 48.2 Å². The van der Waals surface area contributed by atoms with Crippen molar-refractivity contribution in [2.24, 2.45) is 0 Å². The fourth-order valence-corrected chi connectivity index (χ4v) is 2.97. The molecule has 0 radical (unpaired) electrons. The number of rotatable bonds is 4. The molecule has 134 valence electrons. The van der Waals surface area contributed by atoms with Crippen LogP contribution in [-0.4, -0.2) is 53.2 Å². The first-order valence-electron chi connectivity index (χ1n) is 8.62. The normalized spacial score (nSPS) is 14.5. The van der Waals surface area contributed by atoms with Gasteiger partial charge in [-0.15, -0.1) is 0 Å². The molecule has 1 aliphatic heterocycles. The van der Waals surface area contributed by atoms with E-state index < -0.39 is 0 Å². The molecule has 7 nitrogen and oxygen atoms in total. The molecule has 4 rings (SSSR count). The predicted molar refractivity (Wildman–Crippen MR) is 98.9 cm³/mol. The Morgan fingerprint density at radius 2 is 1.85 bits per heavy atom. The van der Waals surface area contributed by atoms with E-state index in [1.807, 2.05) is 24.4 Å². The van der Waals surface area contributed by atoms with E-state index in [0.29, 0.717) is 25.0 Å². The van der Waals surface area contributed by atoms with Gasteiger partial charge in [0.1, 0.15) is 5.82 Å². The maximum Gasteiger partial charge on any atom is 0.320 e. The zero-order chi connectivity index (χ0) is 17.9. The van der Waals surface area contributed by atoms with Crippen molar-refractivity contribution in [2.75, 3.05) is 38.3 Å². The fourth-order valence-electron chi connectivity index (χ4n) is 2.97. The van der Waals surface area contributed by atoms with Crippen molar-refractivity contribution < 1.29 is 9.47 Å². The number of aromatic nitrogens is 4. The molecule has 0 spiro atoms. The van der Waals surface area contributed by atoms with Gasteiger partial charge in [-0.25, -0.2) is 4.68 Å². The second kappa shape index (κ2) is 7.13. The van der Waals surface area contributed by atoms with E-state index in [1.54, 1.807) is 11.8 Å². The van der Waals surface area contributed by atoms with E-state index in [0.717, 1.165) is 30.2 Å². The summed E-state index contributed by atoms with van der Waals surface area (Å²) >= 11 is 0. The van der Waals surface area contributed by atoms with E-state index >= 15 is 0 Å². The monoisotopic (exact) mass is 351 g/mol. The summed E-state index contributed by atoms with van der Waals surface area (Å²) in [5.74, 6) is 1.50. The largest absolute Gasteiger partial charge is 0.467 e. The maximum absolute atomic E-state index is 5.42. The third-order valence-corrected chi connectivity index (χ3v) is 4.33. The topological polar surface area (TPSA) is 65.3 Å². The van der Waals surface area contributed by atoms with Crippen LogP contribution in [0, 0.1) is 6.92 Å². The highest BCUT2D eigenvalue weighted by Gasteiger charge is 2.16. The SMILES string of the molecule is COc1nc(N2CCOCC2)cc(-n2ccc(-c3cccc(C)c3)n2)n1. The van der Waals surface area contributed by atoms with Gasteiger partial charge in [0.2, 0.25) is 0 Å². The summed E-state index contributed by atoms with van der Waals surface area (Å²) in [5, 5.41) is 4.68. The number of benzene rings is 1. The van der Waals surface area contributed by atoms with Crippen LogP contribution in [0.3, 0.4) is 0 Å². The van der Waals surface area contributed by atoms with Crippen molar-refractivity contribution in [3.63, 3.8) is 0 Å². The van der Waals surface area contributed by atoms with Crippen LogP contribution < -0.4 is 9.64 Å². The summed E-state index contributed by atoms with van der Waals surface area (Å²) in [6.07, 6.45) is 1.91. The first kappa shape index (κ1) is 16.5. The third-order valence-electron chi connectivity index (χ3n) is 4.33. The lowest BCUT2D eigenvalue weighted by Crippen LogP contribution is -2.36. The molecule has 0 saturated carbocycles. The first-order chi connectivity index (χ1) is 12.7. The van der Waals surface area contributed by atoms with Gasteiger partial charge in [0, 0.05) is 30.9 Å². The van der Waals surface area contributed by atoms with E-state index in [2.05, 4.69) is 45.1 Å². The molecule has 0 atom stereocenters. The van der Waals surface area contributed by atoms with Crippen LogP contribution in [0.15, 0.2) is 42.6 Å². The summed E-state index contributed by atoms with van der Waals surface area (Å²) in [6, 6.07) is 12.5. The van der Waals surface area contributed by atoms with Crippen molar-refractivity contribution in [2.45, 2.75) is 6.92 Å². The number of hydrogen-bond acceptors (Lipinski definition) is 6. The molecule has 0 unspecified atom stereocenters. The van der Waals surface area contributed by atoms with Gasteiger partial charge in [0.25, 0.3) is 0 Å². The average Bonchev–Trinajstić information content (AvgIpc) is 3.19. The average molecular weight is 351 g/mol. The molecule has 1 fully saturated rings. The minimum absolute atomic E-state index is 0.330. The number of hydrogen-bond donors (Lipinski definition) is 0. The second-order valence-electron chi connectivity index (χ2n) is 6.19. The smallest absolute Gasteiger partial charge is 0.320 e. The van der Waals surface area contributed by atoms with Gasteiger partial charge < -0.3 is 14.4 Å². The number of aryl methyl sites for hydroxylation is 1. The number of anilines is 1. The minimum atomic E-state index is 0.330. The van der Waals surface area contributed by atoms with Gasteiger partial charge in [-0.05, 0) is 19.1 Å². The summed E-state index contributed by atoms with van der Waals surface area (Å²) < 4.78 is 12.5. The van der Waals surface area contributed by atoms with Crippen LogP contribution in [0.5, 0.6) is 6.01 Å². The van der Waals surface area contributed by atoms with E-state index in [4.69, 9.17) is 9.47 Å². The molecule has 7 heteroatoms. The molecular formula is C19H21N5O2. The molecule has 0 aliphatic carbocycles. The number of ether oxygens (including phenoxy) is 2. The lowest BCUT2D eigenvalue weighted by molar-refractivity contribution is 0.122. The number of methoxy groups -OCH3 is 1. The van der Waals surface area contributed by atoms with Crippen LogP contribution in [0.25, 0.3) is 17.1 Å². The van der Waals surface area contributed by atoms with Crippen molar-refractivity contribution >= 4 is 5.82 Å². The molecule has 1 saturated heterocycles. The molecular weight excluding hydrogens is 330 g/mol. The van der Waals surface area contributed by atoms with Crippen LogP contribution in [0.2, 0.25) is 0 Å². The van der Waals surface area contributed by atoms with Crippen molar-refractivity contribution in [3.8, 4) is 23.1 Å². The van der Waals surface area contributed by atoms with E-state index in [1.165, 1.54) is 5.56 Å². The Balaban J connectivity index is 1.69. The molecule has 3 aromatic rings. The highest BCUT2D eigenvalue weighted by atomic mass is 16.5. The Kier molecular flexibility index (Phi) is 4.53. The van der Waals surface area contributed by atoms with Gasteiger partial charge in [0.15, 0.2) is 5.82 Å². The molecule has 0 amide bonds. The molecule has 0 N–H and O–H groups in total. The summed E-state index contributed by atoms with van der Waals surface area (Å²) in [5.41, 5.74) is 3.19. The van der Waals surface area contributed by atoms with Gasteiger partial charge in [-0.1, -0.05) is 23.8 Å². The Hall–Kier alpha value is -2.93. The van der Waals surface area contributed by atoms with Gasteiger partial charge in [0.05, 0.1) is 26.0 Å². The van der Waals surface area contributed by atoms with Gasteiger partial charge >= 0.3 is 6.01 Å². The number of nitrogens with zero attached hydrogens (tertiary/aromatic N) is 5. The zero-order valence-corrected chi connectivity index (χ0v) is 14.9. The molecule has 2 aromatic heterocycles. The lowest BCUT2D eigenvalue weighted by atomic mass is 10.1. The molecule has 1 aromatic carbocycles. The van der Waals surface area contributed by atoms with Crippen LogP contribution in [-0.2, 0) is 4.74 Å².